The third-order valence-electron chi connectivity index (χ3n) is 3.46. The fraction of sp³-hybridized carbons (Fsp3) is 0.538. The first-order valence-electron chi connectivity index (χ1n) is 6.79. The molecular weight excluding hydrogens is 258 g/mol. The van der Waals surface area contributed by atoms with Gasteiger partial charge in [-0.2, -0.15) is 4.68 Å². The van der Waals surface area contributed by atoms with Crippen LogP contribution in [0.25, 0.3) is 11.6 Å². The number of aromatic nitrogens is 4. The fourth-order valence-corrected chi connectivity index (χ4v) is 2.51. The van der Waals surface area contributed by atoms with Crippen LogP contribution in [0.2, 0.25) is 0 Å². The van der Waals surface area contributed by atoms with Gasteiger partial charge in [0, 0.05) is 18.9 Å². The summed E-state index contributed by atoms with van der Waals surface area (Å²) in [6.07, 6.45) is 7.03. The van der Waals surface area contributed by atoms with Crippen molar-refractivity contribution in [1.82, 2.24) is 24.6 Å². The zero-order valence-corrected chi connectivity index (χ0v) is 11.4. The minimum absolute atomic E-state index is 0.216. The van der Waals surface area contributed by atoms with Gasteiger partial charge < -0.3 is 4.42 Å². The van der Waals surface area contributed by atoms with Crippen LogP contribution < -0.4 is 5.76 Å². The van der Waals surface area contributed by atoms with Crippen LogP contribution in [0.15, 0.2) is 27.8 Å². The monoisotopic (exact) mass is 275 g/mol. The van der Waals surface area contributed by atoms with E-state index in [0.717, 1.165) is 19.5 Å². The maximum Gasteiger partial charge on any atom is 0.438 e. The van der Waals surface area contributed by atoms with Gasteiger partial charge >= 0.3 is 5.76 Å². The van der Waals surface area contributed by atoms with Crippen LogP contribution in [0.1, 0.15) is 19.8 Å². The predicted molar refractivity (Wildman–Crippen MR) is 71.8 cm³/mol. The lowest BCUT2D eigenvalue weighted by Gasteiger charge is -2.29. The summed E-state index contributed by atoms with van der Waals surface area (Å²) in [7, 11) is 0. The average Bonchev–Trinajstić information content (AvgIpc) is 2.81. The molecule has 0 saturated carbocycles. The van der Waals surface area contributed by atoms with Gasteiger partial charge in [-0.15, -0.1) is 5.10 Å². The van der Waals surface area contributed by atoms with Crippen molar-refractivity contribution in [1.29, 1.82) is 0 Å². The lowest BCUT2D eigenvalue weighted by Crippen LogP contribution is -2.38. The van der Waals surface area contributed by atoms with Crippen molar-refractivity contribution in [3.8, 4) is 11.6 Å². The third kappa shape index (κ3) is 2.77. The summed E-state index contributed by atoms with van der Waals surface area (Å²) >= 11 is 0. The highest BCUT2D eigenvalue weighted by Gasteiger charge is 2.19. The molecule has 7 nitrogen and oxygen atoms in total. The van der Waals surface area contributed by atoms with Crippen molar-refractivity contribution in [2.24, 2.45) is 5.92 Å². The standard InChI is InChI=1S/C13H17N5O2/c1-10-3-2-6-17(8-10)9-18-13(19)20-12(16-18)11-7-14-4-5-15-11/h4-5,7,10H,2-3,6,8-9H2,1H3. The summed E-state index contributed by atoms with van der Waals surface area (Å²) in [5.74, 6) is 0.419. The number of hydrogen-bond acceptors (Lipinski definition) is 6. The van der Waals surface area contributed by atoms with E-state index in [1.54, 1.807) is 12.4 Å². The molecule has 0 aromatic carbocycles. The van der Waals surface area contributed by atoms with Gasteiger partial charge in [-0.3, -0.25) is 9.88 Å². The van der Waals surface area contributed by atoms with Gasteiger partial charge in [0.1, 0.15) is 12.4 Å². The molecule has 2 aromatic rings. The molecule has 106 valence electrons. The molecule has 1 aliphatic heterocycles. The van der Waals surface area contributed by atoms with Gasteiger partial charge in [0.05, 0.1) is 6.20 Å². The van der Waals surface area contributed by atoms with Crippen LogP contribution in [-0.2, 0) is 6.67 Å². The summed E-state index contributed by atoms with van der Waals surface area (Å²) < 4.78 is 6.49. The number of hydrogen-bond donors (Lipinski definition) is 0. The van der Waals surface area contributed by atoms with Gasteiger partial charge in [0.25, 0.3) is 5.89 Å². The Balaban J connectivity index is 1.78. The van der Waals surface area contributed by atoms with Crippen LogP contribution in [0.3, 0.4) is 0 Å². The molecule has 0 aliphatic carbocycles. The molecule has 0 radical (unpaired) electrons. The van der Waals surface area contributed by atoms with Crippen LogP contribution in [0.4, 0.5) is 0 Å². The zero-order chi connectivity index (χ0) is 13.9. The maximum atomic E-state index is 11.8. The fourth-order valence-electron chi connectivity index (χ4n) is 2.51. The van der Waals surface area contributed by atoms with Gasteiger partial charge in [-0.05, 0) is 25.3 Å². The minimum atomic E-state index is -0.455. The van der Waals surface area contributed by atoms with Gasteiger partial charge in [-0.1, -0.05) is 6.92 Å². The molecule has 2 aromatic heterocycles. The lowest BCUT2D eigenvalue weighted by atomic mass is 10.0. The predicted octanol–water partition coefficient (Wildman–Crippen LogP) is 0.983. The van der Waals surface area contributed by atoms with E-state index in [0.29, 0.717) is 18.3 Å². The normalized spacial score (nSPS) is 20.1. The molecule has 1 aliphatic rings. The Labute approximate surface area is 116 Å². The van der Waals surface area contributed by atoms with E-state index in [1.165, 1.54) is 17.3 Å². The Hall–Kier alpha value is -2.02. The van der Waals surface area contributed by atoms with Crippen LogP contribution in [0.5, 0.6) is 0 Å². The summed E-state index contributed by atoms with van der Waals surface area (Å²) in [5.41, 5.74) is 0.468. The largest absolute Gasteiger partial charge is 0.438 e. The van der Waals surface area contributed by atoms with Crippen molar-refractivity contribution in [3.05, 3.63) is 29.1 Å². The van der Waals surface area contributed by atoms with Crippen molar-refractivity contribution < 1.29 is 4.42 Å². The second-order valence-corrected chi connectivity index (χ2v) is 5.23. The number of likely N-dealkylation sites (tertiary alicyclic amines) is 1. The van der Waals surface area contributed by atoms with Crippen molar-refractivity contribution >= 4 is 0 Å². The van der Waals surface area contributed by atoms with E-state index in [9.17, 15) is 4.79 Å². The van der Waals surface area contributed by atoms with Crippen molar-refractivity contribution in [3.63, 3.8) is 0 Å². The Bertz CT molecular complexity index is 621. The van der Waals surface area contributed by atoms with E-state index in [-0.39, 0.29) is 5.89 Å². The summed E-state index contributed by atoms with van der Waals surface area (Å²) in [5, 5.41) is 4.19. The van der Waals surface area contributed by atoms with E-state index < -0.39 is 5.76 Å². The molecule has 0 bridgehead atoms. The molecule has 7 heteroatoms. The lowest BCUT2D eigenvalue weighted by molar-refractivity contribution is 0.135. The highest BCUT2D eigenvalue weighted by molar-refractivity contribution is 5.42. The quantitative estimate of drug-likeness (QED) is 0.831. The van der Waals surface area contributed by atoms with E-state index in [1.807, 2.05) is 0 Å². The second kappa shape index (κ2) is 5.54. The van der Waals surface area contributed by atoms with E-state index in [2.05, 4.69) is 26.9 Å². The topological polar surface area (TPSA) is 77.1 Å². The zero-order valence-electron chi connectivity index (χ0n) is 11.4. The second-order valence-electron chi connectivity index (χ2n) is 5.23. The van der Waals surface area contributed by atoms with E-state index in [4.69, 9.17) is 4.42 Å². The number of rotatable bonds is 3. The Morgan fingerprint density at radius 2 is 2.35 bits per heavy atom. The first-order chi connectivity index (χ1) is 9.72. The summed E-state index contributed by atoms with van der Waals surface area (Å²) in [6.45, 7) is 4.67. The molecule has 0 amide bonds. The van der Waals surface area contributed by atoms with E-state index >= 15 is 0 Å². The van der Waals surface area contributed by atoms with Crippen molar-refractivity contribution in [2.75, 3.05) is 13.1 Å². The average molecular weight is 275 g/mol. The minimum Gasteiger partial charge on any atom is -0.386 e. The number of piperidine rings is 1. The van der Waals surface area contributed by atoms with Crippen LogP contribution in [0, 0.1) is 5.92 Å². The molecule has 1 fully saturated rings. The maximum absolute atomic E-state index is 11.8. The Morgan fingerprint density at radius 3 is 3.10 bits per heavy atom. The van der Waals surface area contributed by atoms with Crippen LogP contribution in [-0.4, -0.2) is 37.7 Å². The third-order valence-corrected chi connectivity index (χ3v) is 3.46. The van der Waals surface area contributed by atoms with Crippen molar-refractivity contribution in [2.45, 2.75) is 26.4 Å². The summed E-state index contributed by atoms with van der Waals surface area (Å²) in [4.78, 5) is 22.1. The highest BCUT2D eigenvalue weighted by atomic mass is 16.4. The highest BCUT2D eigenvalue weighted by Crippen LogP contribution is 2.16. The van der Waals surface area contributed by atoms with Crippen LogP contribution >= 0.6 is 0 Å². The molecule has 3 heterocycles. The summed E-state index contributed by atoms with van der Waals surface area (Å²) in [6, 6.07) is 0. The smallest absolute Gasteiger partial charge is 0.386 e. The molecule has 0 spiro atoms. The Kier molecular flexibility index (Phi) is 3.60. The van der Waals surface area contributed by atoms with Gasteiger partial charge in [-0.25, -0.2) is 9.78 Å². The molecule has 0 N–H and O–H groups in total. The Morgan fingerprint density at radius 1 is 1.45 bits per heavy atom. The molecule has 1 saturated heterocycles. The molecule has 1 unspecified atom stereocenters. The first-order valence-corrected chi connectivity index (χ1v) is 6.79. The van der Waals surface area contributed by atoms with Gasteiger partial charge in [0.15, 0.2) is 0 Å². The van der Waals surface area contributed by atoms with Gasteiger partial charge in [0.2, 0.25) is 0 Å². The first kappa shape index (κ1) is 13.0. The molecule has 3 rings (SSSR count). The molecular formula is C13H17N5O2. The molecule has 1 atom stereocenters. The molecule has 20 heavy (non-hydrogen) atoms. The number of nitrogens with zero attached hydrogens (tertiary/aromatic N) is 5. The SMILES string of the molecule is CC1CCCN(Cn2nc(-c3cnccn3)oc2=O)C1.